The molecule has 1 aromatic heterocycles. The molecule has 0 radical (unpaired) electrons. The number of thioether (sulfide) groups is 1. The van der Waals surface area contributed by atoms with E-state index in [0.717, 1.165) is 48.8 Å². The number of piperidine rings is 1. The van der Waals surface area contributed by atoms with Gasteiger partial charge in [-0.1, -0.05) is 54.6 Å². The lowest BCUT2D eigenvalue weighted by Crippen LogP contribution is -2.33. The van der Waals surface area contributed by atoms with Crippen molar-refractivity contribution in [3.8, 4) is 0 Å². The van der Waals surface area contributed by atoms with Crippen LogP contribution in [0.25, 0.3) is 0 Å². The molecule has 1 N–H and O–H groups in total. The molecule has 2 aromatic carbocycles. The molecular formula is C25H26ClFN4OS. The number of carbonyl (C=O) groups is 1. The van der Waals surface area contributed by atoms with Crippen molar-refractivity contribution in [2.75, 3.05) is 18.0 Å². The molecule has 1 saturated heterocycles. The number of nitrogens with one attached hydrogen (secondary N) is 1. The van der Waals surface area contributed by atoms with Gasteiger partial charge in [0.15, 0.2) is 5.16 Å². The number of amides is 1. The first-order valence-corrected chi connectivity index (χ1v) is 12.4. The number of hydrogen-bond donors (Lipinski definition) is 1. The monoisotopic (exact) mass is 484 g/mol. The molecule has 1 aliphatic rings. The van der Waals surface area contributed by atoms with Gasteiger partial charge in [0, 0.05) is 37.0 Å². The number of rotatable bonds is 7. The zero-order chi connectivity index (χ0) is 23.2. The fourth-order valence-electron chi connectivity index (χ4n) is 3.69. The van der Waals surface area contributed by atoms with Gasteiger partial charge in [0.05, 0.1) is 0 Å². The maximum Gasteiger partial charge on any atom is 0.251 e. The van der Waals surface area contributed by atoms with Crippen LogP contribution in [0, 0.1) is 11.7 Å². The molecule has 1 fully saturated rings. The Morgan fingerprint density at radius 3 is 2.64 bits per heavy atom. The summed E-state index contributed by atoms with van der Waals surface area (Å²) in [6.07, 6.45) is 2.31. The second-order valence-corrected chi connectivity index (χ2v) is 9.63. The Hall–Kier alpha value is -2.64. The standard InChI is InChI=1S/C25H26ClFN4OS/c1-17-9-11-31(12-10-17)23-14-22(26)29-25(30-23)33-16-19-3-2-4-20(13-19)24(32)28-15-18-5-7-21(27)8-6-18/h2-8,13-14,17H,9-12,15-16H2,1H3,(H,28,32). The molecule has 1 aliphatic heterocycles. The Balaban J connectivity index is 1.36. The van der Waals surface area contributed by atoms with Crippen LogP contribution in [0.4, 0.5) is 10.2 Å². The molecule has 4 rings (SSSR count). The first kappa shape index (κ1) is 23.5. The van der Waals surface area contributed by atoms with Crippen LogP contribution < -0.4 is 10.2 Å². The minimum Gasteiger partial charge on any atom is -0.356 e. The normalized spacial score (nSPS) is 14.3. The third-order valence-electron chi connectivity index (χ3n) is 5.69. The molecule has 3 aromatic rings. The van der Waals surface area contributed by atoms with Gasteiger partial charge in [0.25, 0.3) is 5.91 Å². The Morgan fingerprint density at radius 1 is 1.12 bits per heavy atom. The van der Waals surface area contributed by atoms with Gasteiger partial charge < -0.3 is 10.2 Å². The number of carbonyl (C=O) groups excluding carboxylic acids is 1. The van der Waals surface area contributed by atoms with Crippen molar-refractivity contribution in [2.24, 2.45) is 5.92 Å². The fraction of sp³-hybridized carbons (Fsp3) is 0.320. The predicted octanol–water partition coefficient (Wildman–Crippen LogP) is 5.73. The summed E-state index contributed by atoms with van der Waals surface area (Å²) in [4.78, 5) is 23.9. The van der Waals surface area contributed by atoms with E-state index in [1.807, 2.05) is 24.3 Å². The van der Waals surface area contributed by atoms with Crippen LogP contribution in [0.2, 0.25) is 5.15 Å². The SMILES string of the molecule is CC1CCN(c2cc(Cl)nc(SCc3cccc(C(=O)NCc4ccc(F)cc4)c3)n2)CC1. The summed E-state index contributed by atoms with van der Waals surface area (Å²) in [6, 6.07) is 15.4. The maximum absolute atomic E-state index is 13.0. The molecule has 0 bridgehead atoms. The van der Waals surface area contributed by atoms with E-state index in [9.17, 15) is 9.18 Å². The molecule has 0 aliphatic carbocycles. The largest absolute Gasteiger partial charge is 0.356 e. The number of hydrogen-bond acceptors (Lipinski definition) is 5. The molecule has 0 unspecified atom stereocenters. The van der Waals surface area contributed by atoms with Crippen LogP contribution in [0.5, 0.6) is 0 Å². The first-order chi connectivity index (χ1) is 16.0. The molecule has 5 nitrogen and oxygen atoms in total. The Labute approximate surface area is 202 Å². The van der Waals surface area contributed by atoms with E-state index in [2.05, 4.69) is 22.1 Å². The third-order valence-corrected chi connectivity index (χ3v) is 6.80. The average Bonchev–Trinajstić information content (AvgIpc) is 2.82. The number of anilines is 1. The molecule has 33 heavy (non-hydrogen) atoms. The van der Waals surface area contributed by atoms with Crippen molar-refractivity contribution in [1.82, 2.24) is 15.3 Å². The van der Waals surface area contributed by atoms with Gasteiger partial charge >= 0.3 is 0 Å². The fourth-order valence-corrected chi connectivity index (χ4v) is 4.71. The van der Waals surface area contributed by atoms with Crippen LogP contribution in [0.1, 0.15) is 41.3 Å². The van der Waals surface area contributed by atoms with Crippen molar-refractivity contribution in [1.29, 1.82) is 0 Å². The highest BCUT2D eigenvalue weighted by molar-refractivity contribution is 7.98. The van der Waals surface area contributed by atoms with Gasteiger partial charge in [0.1, 0.15) is 16.8 Å². The van der Waals surface area contributed by atoms with E-state index in [1.54, 1.807) is 18.2 Å². The van der Waals surface area contributed by atoms with Crippen molar-refractivity contribution >= 4 is 35.1 Å². The summed E-state index contributed by atoms with van der Waals surface area (Å²) >= 11 is 7.77. The number of aromatic nitrogens is 2. The van der Waals surface area contributed by atoms with E-state index in [4.69, 9.17) is 16.6 Å². The lowest BCUT2D eigenvalue weighted by atomic mass is 9.99. The first-order valence-electron chi connectivity index (χ1n) is 11.0. The highest BCUT2D eigenvalue weighted by atomic mass is 35.5. The van der Waals surface area contributed by atoms with E-state index >= 15 is 0 Å². The topological polar surface area (TPSA) is 58.1 Å². The minimum absolute atomic E-state index is 0.174. The summed E-state index contributed by atoms with van der Waals surface area (Å²) in [5, 5.41) is 3.94. The molecule has 172 valence electrons. The predicted molar refractivity (Wildman–Crippen MR) is 131 cm³/mol. The van der Waals surface area contributed by atoms with Crippen LogP contribution in [0.15, 0.2) is 59.8 Å². The van der Waals surface area contributed by atoms with E-state index in [0.29, 0.717) is 28.2 Å². The number of halogens is 2. The highest BCUT2D eigenvalue weighted by Gasteiger charge is 2.18. The molecule has 0 saturated carbocycles. The van der Waals surface area contributed by atoms with E-state index in [1.165, 1.54) is 23.9 Å². The van der Waals surface area contributed by atoms with E-state index in [-0.39, 0.29) is 11.7 Å². The zero-order valence-corrected chi connectivity index (χ0v) is 20.0. The minimum atomic E-state index is -0.295. The molecule has 1 amide bonds. The second kappa shape index (κ2) is 11.0. The van der Waals surface area contributed by atoms with Gasteiger partial charge in [-0.15, -0.1) is 0 Å². The number of benzene rings is 2. The van der Waals surface area contributed by atoms with Crippen molar-refractivity contribution in [3.63, 3.8) is 0 Å². The van der Waals surface area contributed by atoms with Gasteiger partial charge in [-0.05, 0) is 54.2 Å². The average molecular weight is 485 g/mol. The van der Waals surface area contributed by atoms with Crippen LogP contribution in [0.3, 0.4) is 0 Å². The Morgan fingerprint density at radius 2 is 1.88 bits per heavy atom. The summed E-state index contributed by atoms with van der Waals surface area (Å²) in [5.41, 5.74) is 2.41. The summed E-state index contributed by atoms with van der Waals surface area (Å²) in [5.74, 6) is 1.77. The summed E-state index contributed by atoms with van der Waals surface area (Å²) < 4.78 is 13.0. The smallest absolute Gasteiger partial charge is 0.251 e. The van der Waals surface area contributed by atoms with Crippen molar-refractivity contribution in [3.05, 3.63) is 82.3 Å². The number of nitrogens with zero attached hydrogens (tertiary/aromatic N) is 3. The lowest BCUT2D eigenvalue weighted by Gasteiger charge is -2.31. The van der Waals surface area contributed by atoms with Crippen molar-refractivity contribution in [2.45, 2.75) is 37.2 Å². The Kier molecular flexibility index (Phi) is 7.83. The van der Waals surface area contributed by atoms with Gasteiger partial charge in [-0.3, -0.25) is 4.79 Å². The van der Waals surface area contributed by atoms with Crippen LogP contribution >= 0.6 is 23.4 Å². The van der Waals surface area contributed by atoms with Crippen LogP contribution in [-0.4, -0.2) is 29.0 Å². The Bertz CT molecular complexity index is 1100. The summed E-state index contributed by atoms with van der Waals surface area (Å²) in [7, 11) is 0. The van der Waals surface area contributed by atoms with Crippen molar-refractivity contribution < 1.29 is 9.18 Å². The molecule has 0 spiro atoms. The molecule has 8 heteroatoms. The molecular weight excluding hydrogens is 459 g/mol. The quantitative estimate of drug-likeness (QED) is 0.264. The highest BCUT2D eigenvalue weighted by Crippen LogP contribution is 2.27. The summed E-state index contributed by atoms with van der Waals surface area (Å²) in [6.45, 7) is 4.58. The van der Waals surface area contributed by atoms with Crippen LogP contribution in [-0.2, 0) is 12.3 Å². The molecule has 0 atom stereocenters. The van der Waals surface area contributed by atoms with Gasteiger partial charge in [0.2, 0.25) is 0 Å². The molecule has 2 heterocycles. The zero-order valence-electron chi connectivity index (χ0n) is 18.4. The third kappa shape index (κ3) is 6.68. The second-order valence-electron chi connectivity index (χ2n) is 8.30. The van der Waals surface area contributed by atoms with Gasteiger partial charge in [-0.25, -0.2) is 14.4 Å². The lowest BCUT2D eigenvalue weighted by molar-refractivity contribution is 0.0951. The van der Waals surface area contributed by atoms with E-state index < -0.39 is 0 Å². The maximum atomic E-state index is 13.0. The van der Waals surface area contributed by atoms with Gasteiger partial charge in [-0.2, -0.15) is 0 Å².